The largest absolute Gasteiger partial charge is 0.454 e. The van der Waals surface area contributed by atoms with E-state index in [1.54, 1.807) is 0 Å². The van der Waals surface area contributed by atoms with Gasteiger partial charge in [-0.15, -0.1) is 0 Å². The van der Waals surface area contributed by atoms with Crippen LogP contribution in [0.25, 0.3) is 106 Å². The van der Waals surface area contributed by atoms with Gasteiger partial charge in [0.25, 0.3) is 0 Å². The SMILES string of the molecule is c1ccc(-c2nc(-c3ccc(-c4ccc(-c5ccccc5-c5ccccc5)cc4)cc3)nc(-n3c4ccccc4c4ccc5c6ccccc6oc5c43)n2)cc1. The Balaban J connectivity index is 1.03. The standard InChI is InChI=1S/C51H32N4O/c1-3-13-35(14-4-1)39-17-7-8-18-40(39)36-27-23-33(24-28-36)34-25-29-38(30-26-34)50-52-49(37-15-5-2-6-16-37)53-51(54-50)55-45-21-11-9-19-41(45)43-31-32-44-42-20-10-12-22-46(42)56-48(44)47(43)55/h1-32H. The van der Waals surface area contributed by atoms with Crippen LogP contribution in [0.1, 0.15) is 0 Å². The molecule has 5 nitrogen and oxygen atoms in total. The number of nitrogens with zero attached hydrogens (tertiary/aromatic N) is 4. The van der Waals surface area contributed by atoms with Gasteiger partial charge in [0.05, 0.1) is 5.52 Å². The third kappa shape index (κ3) is 5.29. The molecule has 0 aliphatic carbocycles. The summed E-state index contributed by atoms with van der Waals surface area (Å²) in [7, 11) is 0. The summed E-state index contributed by atoms with van der Waals surface area (Å²) in [6.07, 6.45) is 0. The second-order valence-corrected chi connectivity index (χ2v) is 14.0. The van der Waals surface area contributed by atoms with Gasteiger partial charge >= 0.3 is 0 Å². The molecular formula is C51H32N4O. The van der Waals surface area contributed by atoms with Crippen molar-refractivity contribution in [3.8, 4) is 62.1 Å². The Kier molecular flexibility index (Phi) is 7.42. The highest BCUT2D eigenvalue weighted by Crippen LogP contribution is 2.40. The zero-order valence-electron chi connectivity index (χ0n) is 30.2. The minimum absolute atomic E-state index is 0.531. The van der Waals surface area contributed by atoms with Crippen molar-refractivity contribution in [1.29, 1.82) is 0 Å². The predicted octanol–water partition coefficient (Wildman–Crippen LogP) is 13.2. The number of hydrogen-bond acceptors (Lipinski definition) is 4. The molecule has 0 fully saturated rings. The molecule has 3 aromatic heterocycles. The molecule has 0 bridgehead atoms. The third-order valence-electron chi connectivity index (χ3n) is 10.7. The number of aromatic nitrogens is 4. The summed E-state index contributed by atoms with van der Waals surface area (Å²) in [5.41, 5.74) is 12.5. The average Bonchev–Trinajstić information content (AvgIpc) is 3.83. The summed E-state index contributed by atoms with van der Waals surface area (Å²) in [6, 6.07) is 67.5. The van der Waals surface area contributed by atoms with Crippen LogP contribution in [0, 0.1) is 0 Å². The third-order valence-corrected chi connectivity index (χ3v) is 10.7. The van der Waals surface area contributed by atoms with Crippen LogP contribution in [-0.4, -0.2) is 19.5 Å². The van der Waals surface area contributed by atoms with E-state index in [0.717, 1.165) is 66.0 Å². The molecule has 0 aliphatic heterocycles. The molecule has 0 saturated carbocycles. The Labute approximate surface area is 322 Å². The lowest BCUT2D eigenvalue weighted by molar-refractivity contribution is 0.670. The Morgan fingerprint density at radius 3 is 1.50 bits per heavy atom. The number of rotatable bonds is 6. The Hall–Kier alpha value is -7.63. The van der Waals surface area contributed by atoms with Crippen molar-refractivity contribution in [2.75, 3.05) is 0 Å². The molecule has 56 heavy (non-hydrogen) atoms. The Bertz CT molecular complexity index is 3220. The number of furan rings is 1. The summed E-state index contributed by atoms with van der Waals surface area (Å²) < 4.78 is 8.75. The maximum absolute atomic E-state index is 6.61. The first-order chi connectivity index (χ1) is 27.8. The van der Waals surface area contributed by atoms with E-state index >= 15 is 0 Å². The van der Waals surface area contributed by atoms with Crippen LogP contribution in [0.15, 0.2) is 199 Å². The maximum atomic E-state index is 6.61. The molecule has 0 spiro atoms. The zero-order valence-corrected chi connectivity index (χ0v) is 30.2. The topological polar surface area (TPSA) is 56.7 Å². The van der Waals surface area contributed by atoms with Gasteiger partial charge in [-0.25, -0.2) is 4.98 Å². The van der Waals surface area contributed by atoms with Crippen LogP contribution >= 0.6 is 0 Å². The van der Waals surface area contributed by atoms with Gasteiger partial charge in [0.1, 0.15) is 11.1 Å². The van der Waals surface area contributed by atoms with E-state index in [-0.39, 0.29) is 0 Å². The van der Waals surface area contributed by atoms with Crippen molar-refractivity contribution in [2.24, 2.45) is 0 Å². The molecule has 262 valence electrons. The van der Waals surface area contributed by atoms with Gasteiger partial charge in [-0.1, -0.05) is 176 Å². The maximum Gasteiger partial charge on any atom is 0.238 e. The van der Waals surface area contributed by atoms with Gasteiger partial charge in [-0.3, -0.25) is 4.57 Å². The molecule has 8 aromatic carbocycles. The summed E-state index contributed by atoms with van der Waals surface area (Å²) >= 11 is 0. The van der Waals surface area contributed by atoms with Gasteiger partial charge in [-0.05, 0) is 51.6 Å². The van der Waals surface area contributed by atoms with Crippen molar-refractivity contribution in [3.05, 3.63) is 194 Å². The molecule has 11 rings (SSSR count). The molecule has 0 N–H and O–H groups in total. The second kappa shape index (κ2) is 13.0. The van der Waals surface area contributed by atoms with Gasteiger partial charge in [0.2, 0.25) is 5.95 Å². The van der Waals surface area contributed by atoms with Gasteiger partial charge in [-0.2, -0.15) is 9.97 Å². The van der Waals surface area contributed by atoms with E-state index in [4.69, 9.17) is 19.4 Å². The Morgan fingerprint density at radius 2 is 0.821 bits per heavy atom. The molecule has 0 saturated heterocycles. The number of fused-ring (bicyclic) bond motifs is 7. The fraction of sp³-hybridized carbons (Fsp3) is 0. The van der Waals surface area contributed by atoms with Crippen LogP contribution in [-0.2, 0) is 0 Å². The molecule has 0 atom stereocenters. The number of para-hydroxylation sites is 2. The van der Waals surface area contributed by atoms with E-state index in [1.165, 1.54) is 22.3 Å². The van der Waals surface area contributed by atoms with Crippen LogP contribution in [0.4, 0.5) is 0 Å². The molecule has 3 heterocycles. The highest BCUT2D eigenvalue weighted by molar-refractivity contribution is 6.21. The predicted molar refractivity (Wildman–Crippen MR) is 229 cm³/mol. The van der Waals surface area contributed by atoms with Crippen molar-refractivity contribution in [1.82, 2.24) is 19.5 Å². The molecule has 0 aliphatic rings. The summed E-state index contributed by atoms with van der Waals surface area (Å²) in [6.45, 7) is 0. The van der Waals surface area contributed by atoms with Crippen molar-refractivity contribution < 1.29 is 4.42 Å². The van der Waals surface area contributed by atoms with Crippen molar-refractivity contribution >= 4 is 43.7 Å². The fourth-order valence-electron chi connectivity index (χ4n) is 8.01. The first kappa shape index (κ1) is 31.9. The summed E-state index contributed by atoms with van der Waals surface area (Å²) in [5, 5.41) is 4.31. The molecule has 11 aromatic rings. The van der Waals surface area contributed by atoms with E-state index in [2.05, 4.69) is 150 Å². The molecule has 0 unspecified atom stereocenters. The molecule has 0 radical (unpaired) electrons. The monoisotopic (exact) mass is 716 g/mol. The summed E-state index contributed by atoms with van der Waals surface area (Å²) in [5.74, 6) is 1.73. The van der Waals surface area contributed by atoms with E-state index < -0.39 is 0 Å². The quantitative estimate of drug-likeness (QED) is 0.172. The lowest BCUT2D eigenvalue weighted by atomic mass is 9.93. The van der Waals surface area contributed by atoms with E-state index in [1.807, 2.05) is 48.5 Å². The Morgan fingerprint density at radius 1 is 0.339 bits per heavy atom. The van der Waals surface area contributed by atoms with Crippen LogP contribution < -0.4 is 0 Å². The fourth-order valence-corrected chi connectivity index (χ4v) is 8.01. The molecule has 5 heteroatoms. The first-order valence-corrected chi connectivity index (χ1v) is 18.8. The second-order valence-electron chi connectivity index (χ2n) is 14.0. The smallest absolute Gasteiger partial charge is 0.238 e. The minimum Gasteiger partial charge on any atom is -0.454 e. The average molecular weight is 717 g/mol. The van der Waals surface area contributed by atoms with Gasteiger partial charge in [0.15, 0.2) is 17.2 Å². The lowest BCUT2D eigenvalue weighted by Gasteiger charge is -2.12. The van der Waals surface area contributed by atoms with Crippen molar-refractivity contribution in [3.63, 3.8) is 0 Å². The normalized spacial score (nSPS) is 11.6. The summed E-state index contributed by atoms with van der Waals surface area (Å²) in [4.78, 5) is 15.4. The van der Waals surface area contributed by atoms with Crippen LogP contribution in [0.3, 0.4) is 0 Å². The van der Waals surface area contributed by atoms with Crippen molar-refractivity contribution in [2.45, 2.75) is 0 Å². The highest BCUT2D eigenvalue weighted by Gasteiger charge is 2.22. The lowest BCUT2D eigenvalue weighted by Crippen LogP contribution is -2.06. The van der Waals surface area contributed by atoms with Gasteiger partial charge < -0.3 is 4.42 Å². The first-order valence-electron chi connectivity index (χ1n) is 18.8. The number of hydrogen-bond donors (Lipinski definition) is 0. The highest BCUT2D eigenvalue weighted by atomic mass is 16.3. The minimum atomic E-state index is 0.531. The molecular weight excluding hydrogens is 685 g/mol. The van der Waals surface area contributed by atoms with E-state index in [0.29, 0.717) is 17.6 Å². The van der Waals surface area contributed by atoms with Crippen LogP contribution in [0.2, 0.25) is 0 Å². The number of benzene rings is 8. The van der Waals surface area contributed by atoms with Gasteiger partial charge in [0, 0.05) is 32.7 Å². The van der Waals surface area contributed by atoms with Crippen LogP contribution in [0.5, 0.6) is 0 Å². The van der Waals surface area contributed by atoms with E-state index in [9.17, 15) is 0 Å². The molecule has 0 amide bonds. The zero-order chi connectivity index (χ0) is 37.0.